The molecule has 0 atom stereocenters. The summed E-state index contributed by atoms with van der Waals surface area (Å²) in [5, 5.41) is 0. The number of aryl methyl sites for hydroxylation is 1. The fraction of sp³-hybridized carbons (Fsp3) is 0.312. The third-order valence-corrected chi connectivity index (χ3v) is 3.25. The zero-order valence-corrected chi connectivity index (χ0v) is 10.3. The predicted octanol–water partition coefficient (Wildman–Crippen LogP) is 4.08. The Bertz CT molecular complexity index is 449. The molecule has 17 heavy (non-hydrogen) atoms. The van der Waals surface area contributed by atoms with Crippen LogP contribution < -0.4 is 0 Å². The van der Waals surface area contributed by atoms with Crippen LogP contribution in [0, 0.1) is 6.92 Å². The van der Waals surface area contributed by atoms with Crippen LogP contribution in [0.1, 0.15) is 36.8 Å². The van der Waals surface area contributed by atoms with E-state index in [-0.39, 0.29) is 0 Å². The van der Waals surface area contributed by atoms with Gasteiger partial charge in [-0.15, -0.1) is 0 Å². The van der Waals surface area contributed by atoms with Crippen molar-refractivity contribution in [3.8, 4) is 0 Å². The average molecular weight is 226 g/mol. The van der Waals surface area contributed by atoms with Crippen LogP contribution in [0.2, 0.25) is 0 Å². The summed E-state index contributed by atoms with van der Waals surface area (Å²) in [7, 11) is 0. The van der Waals surface area contributed by atoms with Gasteiger partial charge in [-0.2, -0.15) is 0 Å². The van der Waals surface area contributed by atoms with E-state index in [9.17, 15) is 4.79 Å². The number of aldehydes is 1. The number of carbonyl (C=O) groups excluding carboxylic acids is 1. The molecule has 1 aromatic carbocycles. The minimum Gasteiger partial charge on any atom is -0.298 e. The number of hydrogen-bond donors (Lipinski definition) is 0. The molecular formula is C16H18O. The second-order valence-electron chi connectivity index (χ2n) is 4.62. The molecule has 0 saturated heterocycles. The van der Waals surface area contributed by atoms with Gasteiger partial charge in [0.1, 0.15) is 6.29 Å². The Morgan fingerprint density at radius 3 is 2.24 bits per heavy atom. The van der Waals surface area contributed by atoms with Crippen LogP contribution in [0.25, 0.3) is 6.08 Å². The maximum absolute atomic E-state index is 10.9. The van der Waals surface area contributed by atoms with Gasteiger partial charge in [0.05, 0.1) is 0 Å². The highest BCUT2D eigenvalue weighted by molar-refractivity contribution is 5.76. The Morgan fingerprint density at radius 2 is 1.59 bits per heavy atom. The van der Waals surface area contributed by atoms with Crippen molar-refractivity contribution >= 4 is 12.4 Å². The van der Waals surface area contributed by atoms with E-state index in [1.54, 1.807) is 0 Å². The van der Waals surface area contributed by atoms with E-state index in [0.717, 1.165) is 31.1 Å². The normalized spacial score (nSPS) is 16.5. The molecule has 88 valence electrons. The van der Waals surface area contributed by atoms with Crippen LogP contribution in [0.5, 0.6) is 0 Å². The van der Waals surface area contributed by atoms with Gasteiger partial charge < -0.3 is 0 Å². The largest absolute Gasteiger partial charge is 0.298 e. The second kappa shape index (κ2) is 5.62. The van der Waals surface area contributed by atoms with E-state index < -0.39 is 0 Å². The third-order valence-electron chi connectivity index (χ3n) is 3.25. The molecule has 1 nitrogen and oxygen atoms in total. The second-order valence-corrected chi connectivity index (χ2v) is 4.62. The fourth-order valence-electron chi connectivity index (χ4n) is 2.15. The summed E-state index contributed by atoms with van der Waals surface area (Å²) in [6.45, 7) is 2.08. The van der Waals surface area contributed by atoms with Crippen molar-refractivity contribution in [3.05, 3.63) is 52.6 Å². The summed E-state index contributed by atoms with van der Waals surface area (Å²) in [5.74, 6) is 0. The zero-order chi connectivity index (χ0) is 12.1. The van der Waals surface area contributed by atoms with Crippen LogP contribution in [-0.4, -0.2) is 6.29 Å². The zero-order valence-electron chi connectivity index (χ0n) is 10.3. The topological polar surface area (TPSA) is 17.1 Å². The third kappa shape index (κ3) is 3.16. The first kappa shape index (κ1) is 11.8. The number of hydrogen-bond acceptors (Lipinski definition) is 1. The van der Waals surface area contributed by atoms with Crippen molar-refractivity contribution in [2.75, 3.05) is 0 Å². The van der Waals surface area contributed by atoms with E-state index in [4.69, 9.17) is 0 Å². The molecule has 0 aromatic heterocycles. The standard InChI is InChI=1S/C16H18O/c1-13-6-8-14(9-7-13)10-11-15-4-2-3-5-16(15)12-17/h6-12H,2-5H2,1H3. The lowest BCUT2D eigenvalue weighted by molar-refractivity contribution is -0.105. The molecule has 1 aromatic rings. The molecule has 0 radical (unpaired) electrons. The van der Waals surface area contributed by atoms with Crippen LogP contribution in [-0.2, 0) is 4.79 Å². The van der Waals surface area contributed by atoms with Crippen LogP contribution in [0.15, 0.2) is 41.5 Å². The number of benzene rings is 1. The van der Waals surface area contributed by atoms with Gasteiger partial charge in [0.15, 0.2) is 0 Å². The number of rotatable bonds is 3. The molecule has 0 heterocycles. The molecule has 0 spiro atoms. The molecule has 0 aliphatic heterocycles. The molecule has 0 unspecified atom stereocenters. The molecule has 0 bridgehead atoms. The first-order valence-corrected chi connectivity index (χ1v) is 6.21. The van der Waals surface area contributed by atoms with Crippen LogP contribution in [0.4, 0.5) is 0 Å². The maximum Gasteiger partial charge on any atom is 0.146 e. The van der Waals surface area contributed by atoms with Gasteiger partial charge in [-0.25, -0.2) is 0 Å². The summed E-state index contributed by atoms with van der Waals surface area (Å²) in [6.07, 6.45) is 9.56. The molecule has 1 aliphatic rings. The van der Waals surface area contributed by atoms with Crippen molar-refractivity contribution in [1.29, 1.82) is 0 Å². The van der Waals surface area contributed by atoms with Crippen molar-refractivity contribution in [2.24, 2.45) is 0 Å². The molecule has 0 fully saturated rings. The van der Waals surface area contributed by atoms with Gasteiger partial charge in [-0.05, 0) is 49.3 Å². The van der Waals surface area contributed by atoms with Crippen molar-refractivity contribution < 1.29 is 4.79 Å². The van der Waals surface area contributed by atoms with Gasteiger partial charge in [-0.1, -0.05) is 42.0 Å². The summed E-state index contributed by atoms with van der Waals surface area (Å²) in [4.78, 5) is 10.9. The SMILES string of the molecule is Cc1ccc(C=CC2=C(C=O)CCCC2)cc1. The summed E-state index contributed by atoms with van der Waals surface area (Å²) in [6, 6.07) is 8.43. The van der Waals surface area contributed by atoms with E-state index in [2.05, 4.69) is 43.3 Å². The molecule has 0 amide bonds. The van der Waals surface area contributed by atoms with Crippen LogP contribution >= 0.6 is 0 Å². The summed E-state index contributed by atoms with van der Waals surface area (Å²) >= 11 is 0. The highest BCUT2D eigenvalue weighted by atomic mass is 16.1. The maximum atomic E-state index is 10.9. The van der Waals surface area contributed by atoms with Gasteiger partial charge in [0.25, 0.3) is 0 Å². The Labute approximate surface area is 103 Å². The van der Waals surface area contributed by atoms with E-state index in [0.29, 0.717) is 0 Å². The lowest BCUT2D eigenvalue weighted by Gasteiger charge is -2.13. The predicted molar refractivity (Wildman–Crippen MR) is 71.8 cm³/mol. The Kier molecular flexibility index (Phi) is 3.92. The van der Waals surface area contributed by atoms with Gasteiger partial charge >= 0.3 is 0 Å². The highest BCUT2D eigenvalue weighted by Gasteiger charge is 2.09. The van der Waals surface area contributed by atoms with E-state index in [1.165, 1.54) is 23.1 Å². The average Bonchev–Trinajstić information content (AvgIpc) is 2.38. The monoisotopic (exact) mass is 226 g/mol. The molecule has 0 saturated carbocycles. The summed E-state index contributed by atoms with van der Waals surface area (Å²) < 4.78 is 0. The van der Waals surface area contributed by atoms with E-state index >= 15 is 0 Å². The van der Waals surface area contributed by atoms with Crippen molar-refractivity contribution in [2.45, 2.75) is 32.6 Å². The molecule has 1 heteroatoms. The minimum atomic E-state index is 0.942. The lowest BCUT2D eigenvalue weighted by atomic mass is 9.92. The smallest absolute Gasteiger partial charge is 0.146 e. The van der Waals surface area contributed by atoms with Gasteiger partial charge in [0.2, 0.25) is 0 Å². The summed E-state index contributed by atoms with van der Waals surface area (Å²) in [5.41, 5.74) is 4.66. The quantitative estimate of drug-likeness (QED) is 0.710. The van der Waals surface area contributed by atoms with Crippen molar-refractivity contribution in [1.82, 2.24) is 0 Å². The molecule has 2 rings (SSSR count). The lowest BCUT2D eigenvalue weighted by Crippen LogP contribution is -1.98. The number of allylic oxidation sites excluding steroid dienone is 3. The molecule has 0 N–H and O–H groups in total. The van der Waals surface area contributed by atoms with E-state index in [1.807, 2.05) is 0 Å². The Balaban J connectivity index is 2.16. The highest BCUT2D eigenvalue weighted by Crippen LogP contribution is 2.24. The molecule has 1 aliphatic carbocycles. The molecular weight excluding hydrogens is 208 g/mol. The minimum absolute atomic E-state index is 0.942. The van der Waals surface area contributed by atoms with Gasteiger partial charge in [0, 0.05) is 0 Å². The van der Waals surface area contributed by atoms with Crippen LogP contribution in [0.3, 0.4) is 0 Å². The van der Waals surface area contributed by atoms with Crippen molar-refractivity contribution in [3.63, 3.8) is 0 Å². The Morgan fingerprint density at radius 1 is 0.941 bits per heavy atom. The van der Waals surface area contributed by atoms with Gasteiger partial charge in [-0.3, -0.25) is 4.79 Å². The first-order chi connectivity index (χ1) is 8.29. The number of carbonyl (C=O) groups is 1. The first-order valence-electron chi connectivity index (χ1n) is 6.21. The fourth-order valence-corrected chi connectivity index (χ4v) is 2.15. The Hall–Kier alpha value is -1.63.